The molecule has 0 aliphatic heterocycles. The number of carbonyl (C=O) groups excluding carboxylic acids is 3. The van der Waals surface area contributed by atoms with Gasteiger partial charge in [0.2, 0.25) is 0 Å². The van der Waals surface area contributed by atoms with Crippen LogP contribution >= 0.6 is 0 Å². The van der Waals surface area contributed by atoms with Gasteiger partial charge in [-0.25, -0.2) is 0 Å². The standard InChI is InChI=1S/C35H32N2O7/c1-41-28-18-20-31(42-2)25(21-28)15-19-30(38)23-13-16-27(17-14-23)36-35(40)29(37-34(39)24-9-6-5-7-10-24)22-26-11-8-12-32(43-3)33(26)44-4/h5-22H,1-4H3,(H,36,40)(H,37,39)/b19-15+,29-22-. The summed E-state index contributed by atoms with van der Waals surface area (Å²) in [5.41, 5.74) is 2.39. The Bertz CT molecular complexity index is 1690. The van der Waals surface area contributed by atoms with Crippen molar-refractivity contribution in [1.29, 1.82) is 0 Å². The lowest BCUT2D eigenvalue weighted by Gasteiger charge is -2.14. The molecule has 0 saturated heterocycles. The summed E-state index contributed by atoms with van der Waals surface area (Å²) in [7, 11) is 6.11. The molecule has 2 N–H and O–H groups in total. The maximum Gasteiger partial charge on any atom is 0.272 e. The Labute approximate surface area is 255 Å². The van der Waals surface area contributed by atoms with Gasteiger partial charge in [0.25, 0.3) is 11.8 Å². The number of para-hydroxylation sites is 1. The quantitative estimate of drug-likeness (QED) is 0.153. The number of hydrogen-bond acceptors (Lipinski definition) is 7. The minimum absolute atomic E-state index is 0.0271. The van der Waals surface area contributed by atoms with Gasteiger partial charge in [0.05, 0.1) is 28.4 Å². The smallest absolute Gasteiger partial charge is 0.272 e. The average Bonchev–Trinajstić information content (AvgIpc) is 3.07. The zero-order chi connectivity index (χ0) is 31.5. The zero-order valence-corrected chi connectivity index (χ0v) is 24.8. The van der Waals surface area contributed by atoms with Crippen LogP contribution in [0.25, 0.3) is 12.2 Å². The molecular formula is C35H32N2O7. The van der Waals surface area contributed by atoms with Crippen LogP contribution < -0.4 is 29.6 Å². The molecule has 0 radical (unpaired) electrons. The monoisotopic (exact) mass is 592 g/mol. The highest BCUT2D eigenvalue weighted by atomic mass is 16.5. The van der Waals surface area contributed by atoms with Crippen LogP contribution in [-0.4, -0.2) is 46.0 Å². The fraction of sp³-hybridized carbons (Fsp3) is 0.114. The Morgan fingerprint density at radius 1 is 0.659 bits per heavy atom. The summed E-state index contributed by atoms with van der Waals surface area (Å²) in [6.45, 7) is 0. The van der Waals surface area contributed by atoms with Crippen LogP contribution in [0.5, 0.6) is 23.0 Å². The number of rotatable bonds is 12. The lowest BCUT2D eigenvalue weighted by Crippen LogP contribution is -2.30. The summed E-state index contributed by atoms with van der Waals surface area (Å²) in [6, 6.07) is 25.5. The van der Waals surface area contributed by atoms with E-state index in [0.29, 0.717) is 50.9 Å². The number of ether oxygens (including phenoxy) is 4. The second kappa shape index (κ2) is 14.9. The largest absolute Gasteiger partial charge is 0.497 e. The number of benzene rings is 4. The molecule has 2 amide bonds. The van der Waals surface area contributed by atoms with E-state index < -0.39 is 11.8 Å². The molecule has 4 aromatic rings. The maximum atomic E-state index is 13.5. The minimum atomic E-state index is -0.580. The van der Waals surface area contributed by atoms with Gasteiger partial charge in [-0.3, -0.25) is 14.4 Å². The molecule has 0 unspecified atom stereocenters. The molecule has 0 aliphatic rings. The third-order valence-corrected chi connectivity index (χ3v) is 6.54. The minimum Gasteiger partial charge on any atom is -0.497 e. The second-order valence-corrected chi connectivity index (χ2v) is 9.30. The zero-order valence-electron chi connectivity index (χ0n) is 24.8. The summed E-state index contributed by atoms with van der Waals surface area (Å²) in [4.78, 5) is 39.3. The number of methoxy groups -OCH3 is 4. The molecule has 4 rings (SSSR count). The van der Waals surface area contributed by atoms with Gasteiger partial charge in [0.1, 0.15) is 17.2 Å². The molecule has 0 saturated carbocycles. The number of nitrogens with one attached hydrogen (secondary N) is 2. The Hall–Kier alpha value is -5.83. The normalized spacial score (nSPS) is 11.0. The van der Waals surface area contributed by atoms with Crippen molar-refractivity contribution >= 4 is 35.4 Å². The molecule has 224 valence electrons. The SMILES string of the molecule is COc1ccc(OC)c(/C=C/C(=O)c2ccc(NC(=O)/C(=C/c3cccc(OC)c3OC)NC(=O)c3ccccc3)cc2)c1. The number of hydrogen-bond donors (Lipinski definition) is 2. The lowest BCUT2D eigenvalue weighted by atomic mass is 10.1. The van der Waals surface area contributed by atoms with Gasteiger partial charge in [0.15, 0.2) is 17.3 Å². The van der Waals surface area contributed by atoms with E-state index in [9.17, 15) is 14.4 Å². The average molecular weight is 593 g/mol. The molecule has 0 bridgehead atoms. The Morgan fingerprint density at radius 2 is 1.39 bits per heavy atom. The fourth-order valence-electron chi connectivity index (χ4n) is 4.27. The summed E-state index contributed by atoms with van der Waals surface area (Å²) in [6.07, 6.45) is 4.60. The predicted molar refractivity (Wildman–Crippen MR) is 169 cm³/mol. The number of allylic oxidation sites excluding steroid dienone is 1. The molecule has 0 atom stereocenters. The highest BCUT2D eigenvalue weighted by molar-refractivity contribution is 6.11. The first-order valence-corrected chi connectivity index (χ1v) is 13.5. The number of anilines is 1. The highest BCUT2D eigenvalue weighted by Gasteiger charge is 2.17. The van der Waals surface area contributed by atoms with Gasteiger partial charge >= 0.3 is 0 Å². The summed E-state index contributed by atoms with van der Waals surface area (Å²) < 4.78 is 21.5. The Balaban J connectivity index is 1.55. The van der Waals surface area contributed by atoms with Gasteiger partial charge in [-0.05, 0) is 78.9 Å². The predicted octanol–water partition coefficient (Wildman–Crippen LogP) is 6.03. The van der Waals surface area contributed by atoms with Crippen LogP contribution in [-0.2, 0) is 4.79 Å². The molecule has 44 heavy (non-hydrogen) atoms. The van der Waals surface area contributed by atoms with Crippen molar-refractivity contribution in [2.24, 2.45) is 0 Å². The van der Waals surface area contributed by atoms with E-state index >= 15 is 0 Å². The van der Waals surface area contributed by atoms with Crippen LogP contribution in [0.4, 0.5) is 5.69 Å². The van der Waals surface area contributed by atoms with E-state index in [2.05, 4.69) is 10.6 Å². The topological polar surface area (TPSA) is 112 Å². The van der Waals surface area contributed by atoms with Crippen LogP contribution in [0.3, 0.4) is 0 Å². The first-order chi connectivity index (χ1) is 21.4. The van der Waals surface area contributed by atoms with Crippen molar-refractivity contribution in [2.75, 3.05) is 33.8 Å². The first-order valence-electron chi connectivity index (χ1n) is 13.5. The molecule has 0 heterocycles. The highest BCUT2D eigenvalue weighted by Crippen LogP contribution is 2.32. The van der Waals surface area contributed by atoms with E-state index in [1.54, 1.807) is 111 Å². The molecule has 0 spiro atoms. The van der Waals surface area contributed by atoms with E-state index in [4.69, 9.17) is 18.9 Å². The third kappa shape index (κ3) is 7.71. The van der Waals surface area contributed by atoms with Gasteiger partial charge in [-0.2, -0.15) is 0 Å². The van der Waals surface area contributed by atoms with Crippen molar-refractivity contribution in [1.82, 2.24) is 5.32 Å². The first kappa shape index (κ1) is 31.1. The molecule has 0 aromatic heterocycles. The summed E-state index contributed by atoms with van der Waals surface area (Å²) in [5.74, 6) is 0.816. The Kier molecular flexibility index (Phi) is 10.5. The van der Waals surface area contributed by atoms with E-state index in [0.717, 1.165) is 0 Å². The van der Waals surface area contributed by atoms with Gasteiger partial charge in [-0.15, -0.1) is 0 Å². The maximum absolute atomic E-state index is 13.5. The van der Waals surface area contributed by atoms with Crippen molar-refractivity contribution in [3.05, 3.63) is 125 Å². The molecular weight excluding hydrogens is 560 g/mol. The number of amides is 2. The van der Waals surface area contributed by atoms with Crippen molar-refractivity contribution in [3.8, 4) is 23.0 Å². The van der Waals surface area contributed by atoms with Crippen molar-refractivity contribution < 1.29 is 33.3 Å². The number of ketones is 1. The van der Waals surface area contributed by atoms with E-state index in [-0.39, 0.29) is 11.5 Å². The lowest BCUT2D eigenvalue weighted by molar-refractivity contribution is -0.113. The third-order valence-electron chi connectivity index (χ3n) is 6.54. The van der Waals surface area contributed by atoms with E-state index in [1.807, 2.05) is 0 Å². The van der Waals surface area contributed by atoms with Crippen LogP contribution in [0.2, 0.25) is 0 Å². The molecule has 9 nitrogen and oxygen atoms in total. The molecule has 9 heteroatoms. The summed E-state index contributed by atoms with van der Waals surface area (Å²) in [5, 5.41) is 5.48. The molecule has 4 aromatic carbocycles. The van der Waals surface area contributed by atoms with Gasteiger partial charge < -0.3 is 29.6 Å². The van der Waals surface area contributed by atoms with Crippen molar-refractivity contribution in [3.63, 3.8) is 0 Å². The second-order valence-electron chi connectivity index (χ2n) is 9.30. The fourth-order valence-corrected chi connectivity index (χ4v) is 4.27. The van der Waals surface area contributed by atoms with Gasteiger partial charge in [-0.1, -0.05) is 30.3 Å². The Morgan fingerprint density at radius 3 is 2.05 bits per heavy atom. The molecule has 0 fully saturated rings. The summed E-state index contributed by atoms with van der Waals surface area (Å²) >= 11 is 0. The van der Waals surface area contributed by atoms with Crippen LogP contribution in [0, 0.1) is 0 Å². The van der Waals surface area contributed by atoms with Crippen LogP contribution in [0.1, 0.15) is 31.8 Å². The molecule has 0 aliphatic carbocycles. The number of carbonyl (C=O) groups is 3. The van der Waals surface area contributed by atoms with Gasteiger partial charge in [0, 0.05) is 27.9 Å². The van der Waals surface area contributed by atoms with Crippen molar-refractivity contribution in [2.45, 2.75) is 0 Å². The van der Waals surface area contributed by atoms with Crippen LogP contribution in [0.15, 0.2) is 103 Å². The van der Waals surface area contributed by atoms with E-state index in [1.165, 1.54) is 26.4 Å².